The summed E-state index contributed by atoms with van der Waals surface area (Å²) in [5.41, 5.74) is 5.84. The summed E-state index contributed by atoms with van der Waals surface area (Å²) in [5.74, 6) is 0.586. The number of fused-ring (bicyclic) bond motifs is 1. The summed E-state index contributed by atoms with van der Waals surface area (Å²) in [6.45, 7) is 0.558. The van der Waals surface area contributed by atoms with E-state index in [1.54, 1.807) is 12.1 Å². The summed E-state index contributed by atoms with van der Waals surface area (Å²) in [5, 5.41) is 11.6. The molecule has 10 heteroatoms. The van der Waals surface area contributed by atoms with Gasteiger partial charge in [-0.3, -0.25) is 9.20 Å². The fourth-order valence-electron chi connectivity index (χ4n) is 4.53. The van der Waals surface area contributed by atoms with Crippen molar-refractivity contribution in [1.29, 1.82) is 0 Å². The largest absolute Gasteiger partial charge is 0.367 e. The Morgan fingerprint density at radius 1 is 0.950 bits per heavy atom. The third-order valence-electron chi connectivity index (χ3n) is 6.88. The van der Waals surface area contributed by atoms with Crippen molar-refractivity contribution in [2.45, 2.75) is 30.2 Å². The summed E-state index contributed by atoms with van der Waals surface area (Å²) in [6, 6.07) is 24.3. The molecule has 40 heavy (non-hydrogen) atoms. The number of aromatic nitrogens is 3. The number of amides is 1. The fraction of sp³-hybridized carbons (Fsp3) is 0.167. The highest BCUT2D eigenvalue weighted by Crippen LogP contribution is 2.28. The smallest absolute Gasteiger partial charge is 0.251 e. The molecule has 4 N–H and O–H groups in total. The Bertz CT molecular complexity index is 1780. The second-order valence-electron chi connectivity index (χ2n) is 9.87. The van der Waals surface area contributed by atoms with E-state index in [0.29, 0.717) is 36.0 Å². The molecule has 5 aromatic rings. The van der Waals surface area contributed by atoms with Crippen molar-refractivity contribution >= 4 is 27.4 Å². The van der Waals surface area contributed by atoms with Crippen molar-refractivity contribution in [2.75, 3.05) is 11.9 Å². The molecule has 1 amide bonds. The van der Waals surface area contributed by atoms with E-state index in [0.717, 1.165) is 40.9 Å². The van der Waals surface area contributed by atoms with Gasteiger partial charge in [-0.05, 0) is 49.1 Å². The van der Waals surface area contributed by atoms with Crippen LogP contribution in [0.3, 0.4) is 0 Å². The number of carbonyl (C=O) groups excluding carboxylic acids is 1. The van der Waals surface area contributed by atoms with Crippen LogP contribution in [0.15, 0.2) is 96.2 Å². The molecule has 0 bridgehead atoms. The van der Waals surface area contributed by atoms with Gasteiger partial charge in [0.25, 0.3) is 5.91 Å². The van der Waals surface area contributed by atoms with Crippen LogP contribution in [0.2, 0.25) is 0 Å². The lowest BCUT2D eigenvalue weighted by molar-refractivity contribution is 0.0951. The molecule has 9 nitrogen and oxygen atoms in total. The first-order valence-electron chi connectivity index (χ1n) is 13.1. The highest BCUT2D eigenvalue weighted by Gasteiger charge is 2.24. The third-order valence-corrected chi connectivity index (χ3v) is 7.80. The number of nitrogens with one attached hydrogen (secondary N) is 2. The van der Waals surface area contributed by atoms with E-state index in [-0.39, 0.29) is 10.8 Å². The second kappa shape index (κ2) is 10.6. The number of nitrogens with zero attached hydrogens (tertiary/aromatic N) is 3. The Labute approximate surface area is 232 Å². The summed E-state index contributed by atoms with van der Waals surface area (Å²) < 4.78 is 25.1. The molecule has 1 aliphatic carbocycles. The fourth-order valence-corrected chi connectivity index (χ4v) is 5.04. The maximum Gasteiger partial charge on any atom is 0.251 e. The SMILES string of the molecule is NS(=O)(=O)c1ccc(CCNc2nc(-c3ccccc3)cn3c(-c4ccc(C(=O)NC5CC5)cc4)cnc23)cc1. The lowest BCUT2D eigenvalue weighted by Crippen LogP contribution is -2.25. The summed E-state index contributed by atoms with van der Waals surface area (Å²) >= 11 is 0. The van der Waals surface area contributed by atoms with Crippen molar-refractivity contribution < 1.29 is 13.2 Å². The van der Waals surface area contributed by atoms with Gasteiger partial charge in [0, 0.05) is 35.5 Å². The molecule has 0 atom stereocenters. The van der Waals surface area contributed by atoms with Crippen LogP contribution in [0.4, 0.5) is 5.82 Å². The molecule has 0 spiro atoms. The van der Waals surface area contributed by atoms with Gasteiger partial charge in [-0.1, -0.05) is 54.6 Å². The number of imidazole rings is 1. The summed E-state index contributed by atoms with van der Waals surface area (Å²) in [4.78, 5) is 22.1. The number of sulfonamides is 1. The molecule has 2 heterocycles. The van der Waals surface area contributed by atoms with Crippen LogP contribution in [-0.4, -0.2) is 41.3 Å². The molecule has 6 rings (SSSR count). The first kappa shape index (κ1) is 25.7. The third kappa shape index (κ3) is 5.58. The lowest BCUT2D eigenvalue weighted by Gasteiger charge is -2.12. The van der Waals surface area contributed by atoms with Crippen molar-refractivity contribution in [2.24, 2.45) is 5.14 Å². The molecular weight excluding hydrogens is 524 g/mol. The van der Waals surface area contributed by atoms with Crippen molar-refractivity contribution in [3.63, 3.8) is 0 Å². The van der Waals surface area contributed by atoms with E-state index in [2.05, 4.69) is 15.6 Å². The molecule has 1 saturated carbocycles. The van der Waals surface area contributed by atoms with Crippen LogP contribution in [0.5, 0.6) is 0 Å². The minimum Gasteiger partial charge on any atom is -0.367 e. The van der Waals surface area contributed by atoms with Gasteiger partial charge in [-0.25, -0.2) is 23.5 Å². The maximum absolute atomic E-state index is 12.4. The molecule has 0 saturated heterocycles. The molecule has 2 aromatic heterocycles. The zero-order valence-electron chi connectivity index (χ0n) is 21.6. The Balaban J connectivity index is 1.29. The summed E-state index contributed by atoms with van der Waals surface area (Å²) in [6.07, 6.45) is 6.52. The standard InChI is InChI=1S/C30H28N6O3S/c31-40(38,39)25-14-6-20(7-15-25)16-17-32-28-29-33-18-27(36(29)19-26(35-28)21-4-2-1-3-5-21)22-8-10-23(11-9-22)30(37)34-24-12-13-24/h1-11,14-15,18-19,24H,12-13,16-17H2,(H,32,35)(H,34,37)(H2,31,38,39). The molecular formula is C30H28N6O3S. The van der Waals surface area contributed by atoms with Crippen molar-refractivity contribution in [3.8, 4) is 22.5 Å². The zero-order valence-corrected chi connectivity index (χ0v) is 22.4. The van der Waals surface area contributed by atoms with Gasteiger partial charge in [0.1, 0.15) is 0 Å². The number of anilines is 1. The first-order valence-corrected chi connectivity index (χ1v) is 14.6. The minimum atomic E-state index is -3.72. The number of carbonyl (C=O) groups is 1. The predicted octanol–water partition coefficient (Wildman–Crippen LogP) is 4.26. The van der Waals surface area contributed by atoms with Gasteiger partial charge in [-0.2, -0.15) is 0 Å². The van der Waals surface area contributed by atoms with Crippen LogP contribution in [-0.2, 0) is 16.4 Å². The number of benzene rings is 3. The van der Waals surface area contributed by atoms with E-state index in [1.165, 1.54) is 12.1 Å². The number of primary sulfonamides is 1. The average Bonchev–Trinajstić information content (AvgIpc) is 3.68. The molecule has 0 unspecified atom stereocenters. The highest BCUT2D eigenvalue weighted by molar-refractivity contribution is 7.89. The number of rotatable bonds is 9. The van der Waals surface area contributed by atoms with E-state index in [4.69, 9.17) is 10.1 Å². The van der Waals surface area contributed by atoms with E-state index < -0.39 is 10.0 Å². The first-order chi connectivity index (χ1) is 19.3. The Hall–Kier alpha value is -4.54. The Morgan fingerprint density at radius 3 is 2.35 bits per heavy atom. The molecule has 1 aliphatic rings. The molecule has 202 valence electrons. The van der Waals surface area contributed by atoms with Gasteiger partial charge >= 0.3 is 0 Å². The van der Waals surface area contributed by atoms with E-state index in [9.17, 15) is 13.2 Å². The van der Waals surface area contributed by atoms with Crippen LogP contribution in [0, 0.1) is 0 Å². The van der Waals surface area contributed by atoms with Gasteiger partial charge in [0.05, 0.1) is 22.5 Å². The Kier molecular flexibility index (Phi) is 6.79. The average molecular weight is 553 g/mol. The molecule has 1 fully saturated rings. The summed E-state index contributed by atoms with van der Waals surface area (Å²) in [7, 11) is -3.72. The van der Waals surface area contributed by atoms with Crippen LogP contribution in [0.1, 0.15) is 28.8 Å². The lowest BCUT2D eigenvalue weighted by atomic mass is 10.1. The normalized spacial score (nSPS) is 13.3. The van der Waals surface area contributed by atoms with Gasteiger partial charge in [0.15, 0.2) is 11.5 Å². The topological polar surface area (TPSA) is 131 Å². The molecule has 0 radical (unpaired) electrons. The van der Waals surface area contributed by atoms with Crippen LogP contribution < -0.4 is 15.8 Å². The number of nitrogens with two attached hydrogens (primary N) is 1. The van der Waals surface area contributed by atoms with E-state index in [1.807, 2.05) is 71.4 Å². The monoisotopic (exact) mass is 552 g/mol. The van der Waals surface area contributed by atoms with Crippen LogP contribution >= 0.6 is 0 Å². The van der Waals surface area contributed by atoms with Crippen molar-refractivity contribution in [3.05, 3.63) is 102 Å². The maximum atomic E-state index is 12.4. The quantitative estimate of drug-likeness (QED) is 0.250. The molecule has 3 aromatic carbocycles. The number of hydrogen-bond donors (Lipinski definition) is 3. The van der Waals surface area contributed by atoms with E-state index >= 15 is 0 Å². The van der Waals surface area contributed by atoms with Crippen molar-refractivity contribution in [1.82, 2.24) is 19.7 Å². The van der Waals surface area contributed by atoms with Gasteiger partial charge < -0.3 is 10.6 Å². The second-order valence-corrected chi connectivity index (χ2v) is 11.4. The predicted molar refractivity (Wildman–Crippen MR) is 154 cm³/mol. The number of hydrogen-bond acceptors (Lipinski definition) is 6. The molecule has 0 aliphatic heterocycles. The highest BCUT2D eigenvalue weighted by atomic mass is 32.2. The minimum absolute atomic E-state index is 0.0477. The Morgan fingerprint density at radius 2 is 1.68 bits per heavy atom. The van der Waals surface area contributed by atoms with Gasteiger partial charge in [-0.15, -0.1) is 0 Å². The van der Waals surface area contributed by atoms with Crippen LogP contribution in [0.25, 0.3) is 28.2 Å². The zero-order chi connectivity index (χ0) is 27.7. The van der Waals surface area contributed by atoms with Gasteiger partial charge in [0.2, 0.25) is 10.0 Å².